The molecule has 2 nitrogen and oxygen atoms in total. The molecule has 0 saturated heterocycles. The van der Waals surface area contributed by atoms with Crippen LogP contribution in [0, 0.1) is 0 Å². The third kappa shape index (κ3) is 3.59. The Balaban J connectivity index is 1.95. The van der Waals surface area contributed by atoms with E-state index in [1.165, 1.54) is 21.7 Å². The van der Waals surface area contributed by atoms with Gasteiger partial charge in [0.25, 0.3) is 0 Å². The maximum Gasteiger partial charge on any atom is 0.128 e. The predicted molar refractivity (Wildman–Crippen MR) is 134 cm³/mol. The van der Waals surface area contributed by atoms with Crippen LogP contribution < -0.4 is 20.1 Å². The Morgan fingerprint density at radius 3 is 1.33 bits per heavy atom. The van der Waals surface area contributed by atoms with E-state index in [0.717, 1.165) is 24.3 Å². The topological polar surface area (TPSA) is 18.5 Å². The molecule has 0 radical (unpaired) electrons. The van der Waals surface area contributed by atoms with Crippen molar-refractivity contribution in [2.75, 3.05) is 0 Å². The van der Waals surface area contributed by atoms with Crippen LogP contribution in [0.1, 0.15) is 68.2 Å². The largest absolute Gasteiger partial charge is 0.485 e. The summed E-state index contributed by atoms with van der Waals surface area (Å²) in [6.07, 6.45) is 2.11. The monoisotopic (exact) mass is 442 g/mol. The average Bonchev–Trinajstić information content (AvgIpc) is 3.24. The first-order valence-corrected chi connectivity index (χ1v) is 14.1. The van der Waals surface area contributed by atoms with Crippen molar-refractivity contribution in [3.63, 3.8) is 0 Å². The predicted octanol–water partition coefficient (Wildman–Crippen LogP) is 7.42. The summed E-state index contributed by atoms with van der Waals surface area (Å²) in [7, 11) is -0.859. The molecule has 2 aliphatic rings. The fourth-order valence-corrected chi connectivity index (χ4v) is 11.4. The van der Waals surface area contributed by atoms with Gasteiger partial charge in [-0.1, -0.05) is 79.7 Å². The molecule has 0 unspecified atom stereocenters. The van der Waals surface area contributed by atoms with Gasteiger partial charge < -0.3 is 9.47 Å². The second kappa shape index (κ2) is 7.79. The Morgan fingerprint density at radius 2 is 1.03 bits per heavy atom. The van der Waals surface area contributed by atoms with E-state index < -0.39 is 15.8 Å². The Morgan fingerprint density at radius 1 is 0.667 bits per heavy atom. The van der Waals surface area contributed by atoms with Crippen LogP contribution in [0.5, 0.6) is 11.5 Å². The van der Waals surface area contributed by atoms with E-state index in [0.29, 0.717) is 11.7 Å². The van der Waals surface area contributed by atoms with Gasteiger partial charge in [0, 0.05) is 10.6 Å². The van der Waals surface area contributed by atoms with Gasteiger partial charge in [0.1, 0.15) is 23.2 Å². The second-order valence-corrected chi connectivity index (χ2v) is 16.6. The molecule has 4 atom stereocenters. The minimum atomic E-state index is -0.429. The zero-order valence-corrected chi connectivity index (χ0v) is 21.5. The standard InChI is InChI=1S/C26H36O2P2/c1-9-21-27-19-15-11-13-17(23(19)29(21)25(3,4)5)18-14-12-16-20-24(18)30(26(6,7)8)22(10-2)28-20/h11-16,21-22H,9-10H2,1-8H3/t21-,22-,29-,30+/m0/s1. The third-order valence-corrected chi connectivity index (χ3v) is 12.9. The highest BCUT2D eigenvalue weighted by Crippen LogP contribution is 2.63. The fourth-order valence-electron chi connectivity index (χ4n) is 4.92. The molecule has 2 heterocycles. The molecule has 30 heavy (non-hydrogen) atoms. The lowest BCUT2D eigenvalue weighted by atomic mass is 10.0. The summed E-state index contributed by atoms with van der Waals surface area (Å²) in [5.41, 5.74) is 2.75. The average molecular weight is 443 g/mol. The highest BCUT2D eigenvalue weighted by atomic mass is 31.1. The molecule has 2 aromatic rings. The van der Waals surface area contributed by atoms with Crippen molar-refractivity contribution in [1.82, 2.24) is 0 Å². The van der Waals surface area contributed by atoms with Crippen molar-refractivity contribution in [2.24, 2.45) is 0 Å². The van der Waals surface area contributed by atoms with Gasteiger partial charge >= 0.3 is 0 Å². The number of fused-ring (bicyclic) bond motifs is 2. The van der Waals surface area contributed by atoms with E-state index in [-0.39, 0.29) is 10.3 Å². The summed E-state index contributed by atoms with van der Waals surface area (Å²) < 4.78 is 13.0. The van der Waals surface area contributed by atoms with E-state index in [1.54, 1.807) is 0 Å². The molecule has 0 amide bonds. The first kappa shape index (κ1) is 22.1. The Labute approximate surface area is 185 Å². The lowest BCUT2D eigenvalue weighted by molar-refractivity contribution is 0.288. The summed E-state index contributed by atoms with van der Waals surface area (Å²) in [6, 6.07) is 13.4. The SMILES string of the molecule is CC[C@H]1Oc2cccc(-c3cccc4c3[P@](C(C)(C)C)[C@@H](CC)O4)c2[P@@]1C(C)(C)C. The quantitative estimate of drug-likeness (QED) is 0.461. The van der Waals surface area contributed by atoms with Gasteiger partial charge in [0.05, 0.1) is 0 Å². The van der Waals surface area contributed by atoms with E-state index in [2.05, 4.69) is 91.8 Å². The summed E-state index contributed by atoms with van der Waals surface area (Å²) in [5, 5.41) is 3.33. The van der Waals surface area contributed by atoms with E-state index >= 15 is 0 Å². The number of hydrogen-bond donors (Lipinski definition) is 0. The molecule has 0 bridgehead atoms. The maximum atomic E-state index is 6.52. The minimum Gasteiger partial charge on any atom is -0.485 e. The van der Waals surface area contributed by atoms with Gasteiger partial charge in [0.2, 0.25) is 0 Å². The highest BCUT2D eigenvalue weighted by Gasteiger charge is 2.45. The first-order chi connectivity index (χ1) is 14.1. The lowest BCUT2D eigenvalue weighted by Gasteiger charge is -2.34. The van der Waals surface area contributed by atoms with Gasteiger partial charge in [-0.2, -0.15) is 0 Å². The Kier molecular flexibility index (Phi) is 5.74. The van der Waals surface area contributed by atoms with Crippen molar-refractivity contribution in [2.45, 2.75) is 90.2 Å². The van der Waals surface area contributed by atoms with Crippen LogP contribution >= 0.6 is 15.8 Å². The van der Waals surface area contributed by atoms with Crippen LogP contribution in [0.3, 0.4) is 0 Å². The lowest BCUT2D eigenvalue weighted by Crippen LogP contribution is -2.26. The van der Waals surface area contributed by atoms with Crippen LogP contribution in [0.2, 0.25) is 0 Å². The second-order valence-electron chi connectivity index (χ2n) is 10.3. The highest BCUT2D eigenvalue weighted by molar-refractivity contribution is 7.69. The van der Waals surface area contributed by atoms with E-state index in [4.69, 9.17) is 9.47 Å². The van der Waals surface area contributed by atoms with E-state index in [9.17, 15) is 0 Å². The molecule has 0 N–H and O–H groups in total. The first-order valence-electron chi connectivity index (χ1n) is 11.3. The molecule has 4 rings (SSSR count). The molecule has 2 aromatic carbocycles. The molecular weight excluding hydrogens is 406 g/mol. The van der Waals surface area contributed by atoms with Crippen molar-refractivity contribution in [3.8, 4) is 22.6 Å². The fraction of sp³-hybridized carbons (Fsp3) is 0.538. The normalized spacial score (nSPS) is 25.5. The third-order valence-electron chi connectivity index (χ3n) is 6.02. The summed E-state index contributed by atoms with van der Waals surface area (Å²) in [5.74, 6) is 2.81. The molecule has 0 saturated carbocycles. The summed E-state index contributed by atoms with van der Waals surface area (Å²) >= 11 is 0. The molecule has 0 aromatic heterocycles. The molecule has 2 aliphatic heterocycles. The maximum absolute atomic E-state index is 6.52. The zero-order chi connectivity index (χ0) is 21.8. The van der Waals surface area contributed by atoms with Crippen LogP contribution in [-0.4, -0.2) is 22.0 Å². The number of ether oxygens (including phenoxy) is 2. The van der Waals surface area contributed by atoms with Crippen LogP contribution in [0.15, 0.2) is 36.4 Å². The van der Waals surface area contributed by atoms with Crippen LogP contribution in [0.4, 0.5) is 0 Å². The van der Waals surface area contributed by atoms with Gasteiger partial charge in [0.15, 0.2) is 0 Å². The van der Waals surface area contributed by atoms with Crippen molar-refractivity contribution >= 4 is 26.5 Å². The number of benzene rings is 2. The van der Waals surface area contributed by atoms with Gasteiger partial charge in [-0.15, -0.1) is 0 Å². The smallest absolute Gasteiger partial charge is 0.128 e. The Bertz CT molecular complexity index is 862. The summed E-state index contributed by atoms with van der Waals surface area (Å²) in [6.45, 7) is 18.8. The molecule has 0 aliphatic carbocycles. The van der Waals surface area contributed by atoms with Gasteiger partial charge in [-0.05, 0) is 62.3 Å². The van der Waals surface area contributed by atoms with Crippen molar-refractivity contribution in [1.29, 1.82) is 0 Å². The minimum absolute atomic E-state index is 0.201. The summed E-state index contributed by atoms with van der Waals surface area (Å²) in [4.78, 5) is 0. The van der Waals surface area contributed by atoms with Gasteiger partial charge in [-0.3, -0.25) is 0 Å². The van der Waals surface area contributed by atoms with Crippen LogP contribution in [-0.2, 0) is 0 Å². The Hall–Kier alpha value is -1.10. The molecular formula is C26H36O2P2. The number of hydrogen-bond acceptors (Lipinski definition) is 2. The van der Waals surface area contributed by atoms with Gasteiger partial charge in [-0.25, -0.2) is 0 Å². The van der Waals surface area contributed by atoms with Crippen molar-refractivity contribution < 1.29 is 9.47 Å². The number of rotatable bonds is 3. The molecule has 162 valence electrons. The molecule has 0 spiro atoms. The molecule has 4 heteroatoms. The van der Waals surface area contributed by atoms with Crippen molar-refractivity contribution in [3.05, 3.63) is 36.4 Å². The van der Waals surface area contributed by atoms with E-state index in [1.807, 2.05) is 0 Å². The molecule has 0 fully saturated rings. The van der Waals surface area contributed by atoms with Crippen LogP contribution in [0.25, 0.3) is 11.1 Å². The zero-order valence-electron chi connectivity index (χ0n) is 19.7.